The largest absolute Gasteiger partial charge is 0.465 e. The highest BCUT2D eigenvalue weighted by Gasteiger charge is 2.15. The Bertz CT molecular complexity index is 549. The molecule has 0 aliphatic carbocycles. The summed E-state index contributed by atoms with van der Waals surface area (Å²) < 4.78 is 4.85. The van der Waals surface area contributed by atoms with E-state index in [9.17, 15) is 4.79 Å². The molecule has 0 amide bonds. The zero-order valence-corrected chi connectivity index (χ0v) is 9.99. The molecule has 0 aliphatic rings. The minimum atomic E-state index is -0.308. The minimum Gasteiger partial charge on any atom is -0.465 e. The van der Waals surface area contributed by atoms with Crippen molar-refractivity contribution in [1.29, 1.82) is 0 Å². The lowest BCUT2D eigenvalue weighted by Crippen LogP contribution is -2.08. The molecule has 0 bridgehead atoms. The highest BCUT2D eigenvalue weighted by atomic mass is 16.5. The van der Waals surface area contributed by atoms with Crippen LogP contribution in [0.15, 0.2) is 36.4 Å². The van der Waals surface area contributed by atoms with E-state index in [-0.39, 0.29) is 5.97 Å². The van der Waals surface area contributed by atoms with Crippen molar-refractivity contribution in [2.45, 2.75) is 6.92 Å². The van der Waals surface area contributed by atoms with Gasteiger partial charge in [0.1, 0.15) is 0 Å². The second-order valence-corrected chi connectivity index (χ2v) is 3.73. The molecule has 88 valence electrons. The quantitative estimate of drug-likeness (QED) is 0.822. The van der Waals surface area contributed by atoms with E-state index in [1.807, 2.05) is 43.3 Å². The summed E-state index contributed by atoms with van der Waals surface area (Å²) in [6.45, 7) is 2.76. The summed E-state index contributed by atoms with van der Waals surface area (Å²) in [5, 5.41) is 5.13. The Labute approximate surface area is 100 Å². The molecule has 0 saturated carbocycles. The smallest absolute Gasteiger partial charge is 0.340 e. The molecule has 0 heterocycles. The number of fused-ring (bicyclic) bond motifs is 1. The van der Waals surface area contributed by atoms with Crippen LogP contribution in [0.25, 0.3) is 10.8 Å². The average molecular weight is 229 g/mol. The van der Waals surface area contributed by atoms with E-state index in [2.05, 4.69) is 5.32 Å². The predicted molar refractivity (Wildman–Crippen MR) is 69.5 cm³/mol. The fourth-order valence-corrected chi connectivity index (χ4v) is 1.93. The first kappa shape index (κ1) is 11.5. The zero-order valence-electron chi connectivity index (χ0n) is 9.99. The molecular formula is C14H15NO2. The monoisotopic (exact) mass is 229 g/mol. The van der Waals surface area contributed by atoms with Crippen molar-refractivity contribution < 1.29 is 9.53 Å². The number of benzene rings is 2. The van der Waals surface area contributed by atoms with Gasteiger partial charge in [-0.2, -0.15) is 0 Å². The molecule has 2 rings (SSSR count). The van der Waals surface area contributed by atoms with Crippen LogP contribution in [0.2, 0.25) is 0 Å². The second kappa shape index (κ2) is 4.87. The van der Waals surface area contributed by atoms with Gasteiger partial charge in [-0.25, -0.2) is 4.79 Å². The van der Waals surface area contributed by atoms with Crippen LogP contribution in [0.1, 0.15) is 17.3 Å². The van der Waals surface area contributed by atoms with Crippen LogP contribution in [0, 0.1) is 0 Å². The van der Waals surface area contributed by atoms with E-state index >= 15 is 0 Å². The van der Waals surface area contributed by atoms with Crippen LogP contribution < -0.4 is 5.32 Å². The van der Waals surface area contributed by atoms with Crippen molar-refractivity contribution in [3.63, 3.8) is 0 Å². The Kier molecular flexibility index (Phi) is 3.28. The third-order valence-corrected chi connectivity index (χ3v) is 2.69. The van der Waals surface area contributed by atoms with E-state index in [1.54, 1.807) is 0 Å². The highest BCUT2D eigenvalue weighted by Crippen LogP contribution is 2.26. The third kappa shape index (κ3) is 2.09. The second-order valence-electron chi connectivity index (χ2n) is 3.73. The van der Waals surface area contributed by atoms with Crippen molar-refractivity contribution in [3.8, 4) is 0 Å². The number of carbonyl (C=O) groups is 1. The van der Waals surface area contributed by atoms with Crippen molar-refractivity contribution >= 4 is 22.4 Å². The van der Waals surface area contributed by atoms with Gasteiger partial charge in [0.2, 0.25) is 0 Å². The first-order valence-corrected chi connectivity index (χ1v) is 5.62. The van der Waals surface area contributed by atoms with Crippen molar-refractivity contribution in [2.75, 3.05) is 19.0 Å². The summed E-state index contributed by atoms with van der Waals surface area (Å²) in [5.74, 6) is -0.308. The number of methoxy groups -OCH3 is 1. The summed E-state index contributed by atoms with van der Waals surface area (Å²) in [5.41, 5.74) is 1.42. The number of hydrogen-bond acceptors (Lipinski definition) is 3. The van der Waals surface area contributed by atoms with Crippen LogP contribution >= 0.6 is 0 Å². The molecule has 17 heavy (non-hydrogen) atoms. The van der Waals surface area contributed by atoms with Gasteiger partial charge in [0.05, 0.1) is 12.7 Å². The maximum atomic E-state index is 11.9. The number of nitrogens with one attached hydrogen (secondary N) is 1. The average Bonchev–Trinajstić information content (AvgIpc) is 2.38. The van der Waals surface area contributed by atoms with Crippen LogP contribution in [0.5, 0.6) is 0 Å². The van der Waals surface area contributed by atoms with Crippen LogP contribution in [-0.4, -0.2) is 19.6 Å². The Balaban J connectivity index is 2.70. The zero-order chi connectivity index (χ0) is 12.3. The van der Waals surface area contributed by atoms with Crippen LogP contribution in [0.4, 0.5) is 5.69 Å². The van der Waals surface area contributed by atoms with E-state index < -0.39 is 0 Å². The van der Waals surface area contributed by atoms with Crippen molar-refractivity contribution in [3.05, 3.63) is 42.0 Å². The third-order valence-electron chi connectivity index (χ3n) is 2.69. The SMILES string of the molecule is CCNc1ccc2ccccc2c1C(=O)OC. The minimum absolute atomic E-state index is 0.308. The van der Waals surface area contributed by atoms with Gasteiger partial charge in [0.25, 0.3) is 0 Å². The number of hydrogen-bond donors (Lipinski definition) is 1. The topological polar surface area (TPSA) is 38.3 Å². The first-order chi connectivity index (χ1) is 8.27. The molecule has 0 unspecified atom stereocenters. The van der Waals surface area contributed by atoms with Gasteiger partial charge in [0.15, 0.2) is 0 Å². The summed E-state index contributed by atoms with van der Waals surface area (Å²) in [7, 11) is 1.40. The predicted octanol–water partition coefficient (Wildman–Crippen LogP) is 3.06. The van der Waals surface area contributed by atoms with Gasteiger partial charge < -0.3 is 10.1 Å². The number of rotatable bonds is 3. The fraction of sp³-hybridized carbons (Fsp3) is 0.214. The Morgan fingerprint density at radius 1 is 1.24 bits per heavy atom. The molecule has 0 aliphatic heterocycles. The first-order valence-electron chi connectivity index (χ1n) is 5.62. The van der Waals surface area contributed by atoms with E-state index in [0.717, 1.165) is 23.0 Å². The standard InChI is InChI=1S/C14H15NO2/c1-3-15-12-9-8-10-6-4-5-7-11(10)13(12)14(16)17-2/h4-9,15H,3H2,1-2H3. The van der Waals surface area contributed by atoms with Gasteiger partial charge in [-0.05, 0) is 23.8 Å². The maximum Gasteiger partial charge on any atom is 0.340 e. The summed E-state index contributed by atoms with van der Waals surface area (Å²) in [6.07, 6.45) is 0. The van der Waals surface area contributed by atoms with Crippen molar-refractivity contribution in [2.24, 2.45) is 0 Å². The normalized spacial score (nSPS) is 10.2. The van der Waals surface area contributed by atoms with E-state index in [1.165, 1.54) is 7.11 Å². The molecule has 0 radical (unpaired) electrons. The lowest BCUT2D eigenvalue weighted by Gasteiger charge is -2.12. The molecule has 0 aromatic heterocycles. The van der Waals surface area contributed by atoms with Gasteiger partial charge in [-0.3, -0.25) is 0 Å². The Morgan fingerprint density at radius 2 is 2.00 bits per heavy atom. The van der Waals surface area contributed by atoms with Crippen LogP contribution in [-0.2, 0) is 4.74 Å². The summed E-state index contributed by atoms with van der Waals surface area (Å²) in [4.78, 5) is 11.9. The highest BCUT2D eigenvalue weighted by molar-refractivity contribution is 6.09. The number of ether oxygens (including phenoxy) is 1. The Morgan fingerprint density at radius 3 is 2.71 bits per heavy atom. The molecule has 2 aromatic carbocycles. The molecule has 3 heteroatoms. The number of carbonyl (C=O) groups excluding carboxylic acids is 1. The lowest BCUT2D eigenvalue weighted by molar-refractivity contribution is 0.0604. The van der Waals surface area contributed by atoms with Gasteiger partial charge in [-0.1, -0.05) is 30.3 Å². The molecular weight excluding hydrogens is 214 g/mol. The molecule has 0 saturated heterocycles. The van der Waals surface area contributed by atoms with E-state index in [4.69, 9.17) is 4.74 Å². The van der Waals surface area contributed by atoms with Gasteiger partial charge in [0, 0.05) is 12.2 Å². The molecule has 0 fully saturated rings. The Hall–Kier alpha value is -2.03. The number of esters is 1. The maximum absolute atomic E-state index is 11.9. The number of anilines is 1. The van der Waals surface area contributed by atoms with Crippen molar-refractivity contribution in [1.82, 2.24) is 0 Å². The van der Waals surface area contributed by atoms with Gasteiger partial charge in [-0.15, -0.1) is 0 Å². The molecule has 0 spiro atoms. The summed E-state index contributed by atoms with van der Waals surface area (Å²) in [6, 6.07) is 11.7. The van der Waals surface area contributed by atoms with E-state index in [0.29, 0.717) is 5.56 Å². The fourth-order valence-electron chi connectivity index (χ4n) is 1.93. The summed E-state index contributed by atoms with van der Waals surface area (Å²) >= 11 is 0. The van der Waals surface area contributed by atoms with Gasteiger partial charge >= 0.3 is 5.97 Å². The molecule has 1 N–H and O–H groups in total. The molecule has 0 atom stereocenters. The molecule has 2 aromatic rings. The molecule has 3 nitrogen and oxygen atoms in total. The lowest BCUT2D eigenvalue weighted by atomic mass is 10.0. The van der Waals surface area contributed by atoms with Crippen LogP contribution in [0.3, 0.4) is 0 Å².